The maximum absolute atomic E-state index is 10.8. The molecule has 1 aromatic carbocycles. The fraction of sp³-hybridized carbons (Fsp3) is 0.286. The van der Waals surface area contributed by atoms with Crippen molar-refractivity contribution < 1.29 is 15.0 Å². The Hall–Kier alpha value is -1.98. The first kappa shape index (κ1) is 13.5. The molecule has 0 aliphatic carbocycles. The summed E-state index contributed by atoms with van der Waals surface area (Å²) in [5.41, 5.74) is 1.35. The van der Waals surface area contributed by atoms with Crippen molar-refractivity contribution in [1.82, 2.24) is 10.3 Å². The van der Waals surface area contributed by atoms with Crippen LogP contribution in [0.5, 0.6) is 0 Å². The lowest BCUT2D eigenvalue weighted by atomic mass is 10.0. The van der Waals surface area contributed by atoms with Crippen LogP contribution in [0.2, 0.25) is 0 Å². The quantitative estimate of drug-likeness (QED) is 0.758. The average Bonchev–Trinajstić information content (AvgIpc) is 2.43. The first-order chi connectivity index (χ1) is 9.08. The zero-order valence-corrected chi connectivity index (χ0v) is 10.6. The molecule has 2 unspecified atom stereocenters. The van der Waals surface area contributed by atoms with E-state index in [4.69, 9.17) is 0 Å². The first-order valence-corrected chi connectivity index (χ1v) is 6.03. The number of hydrogen-bond acceptors (Lipinski definition) is 4. The van der Waals surface area contributed by atoms with Crippen LogP contribution >= 0.6 is 0 Å². The van der Waals surface area contributed by atoms with Crippen molar-refractivity contribution in [3.8, 4) is 0 Å². The van der Waals surface area contributed by atoms with Crippen molar-refractivity contribution in [2.45, 2.75) is 19.1 Å². The van der Waals surface area contributed by atoms with Gasteiger partial charge in [0.2, 0.25) is 5.91 Å². The molecule has 0 aliphatic rings. The van der Waals surface area contributed by atoms with Crippen LogP contribution in [0.15, 0.2) is 36.5 Å². The van der Waals surface area contributed by atoms with Gasteiger partial charge in [-0.15, -0.1) is 0 Å². The Morgan fingerprint density at radius 2 is 2.11 bits per heavy atom. The number of aromatic nitrogens is 1. The Labute approximate surface area is 110 Å². The average molecular weight is 260 g/mol. The maximum Gasteiger partial charge on any atom is 0.216 e. The number of carbonyl (C=O) groups is 1. The summed E-state index contributed by atoms with van der Waals surface area (Å²) in [5.74, 6) is -0.247. The van der Waals surface area contributed by atoms with Crippen LogP contribution < -0.4 is 5.32 Å². The Bertz CT molecular complexity index is 586. The van der Waals surface area contributed by atoms with Crippen LogP contribution in [0.1, 0.15) is 18.6 Å². The fourth-order valence-corrected chi connectivity index (χ4v) is 1.83. The molecule has 0 radical (unpaired) electrons. The third kappa shape index (κ3) is 3.27. The van der Waals surface area contributed by atoms with Crippen LogP contribution in [-0.2, 0) is 4.79 Å². The van der Waals surface area contributed by atoms with Crippen LogP contribution in [0.4, 0.5) is 0 Å². The van der Waals surface area contributed by atoms with E-state index in [2.05, 4.69) is 10.3 Å². The number of carbonyl (C=O) groups excluding carboxylic acids is 1. The Balaban J connectivity index is 2.16. The lowest BCUT2D eigenvalue weighted by Gasteiger charge is -2.18. The minimum absolute atomic E-state index is 0.00330. The van der Waals surface area contributed by atoms with Crippen LogP contribution in [0, 0.1) is 0 Å². The number of pyridine rings is 1. The SMILES string of the molecule is CC(=O)NCC(O)C(O)c1cnc2ccccc2c1. The summed E-state index contributed by atoms with van der Waals surface area (Å²) in [5, 5.41) is 23.2. The predicted octanol–water partition coefficient (Wildman–Crippen LogP) is 0.765. The number of aliphatic hydroxyl groups is 2. The zero-order chi connectivity index (χ0) is 13.8. The van der Waals surface area contributed by atoms with Gasteiger partial charge in [-0.3, -0.25) is 9.78 Å². The van der Waals surface area contributed by atoms with E-state index < -0.39 is 12.2 Å². The summed E-state index contributed by atoms with van der Waals surface area (Å²) in [6.45, 7) is 1.36. The number of benzene rings is 1. The zero-order valence-electron chi connectivity index (χ0n) is 10.6. The summed E-state index contributed by atoms with van der Waals surface area (Å²) in [6, 6.07) is 9.31. The fourth-order valence-electron chi connectivity index (χ4n) is 1.83. The molecular formula is C14H16N2O3. The van der Waals surface area contributed by atoms with Gasteiger partial charge in [-0.25, -0.2) is 0 Å². The molecule has 2 atom stereocenters. The Morgan fingerprint density at radius 1 is 1.37 bits per heavy atom. The van der Waals surface area contributed by atoms with E-state index in [1.54, 1.807) is 6.07 Å². The van der Waals surface area contributed by atoms with E-state index in [0.717, 1.165) is 10.9 Å². The number of nitrogens with one attached hydrogen (secondary N) is 1. The van der Waals surface area contributed by atoms with Crippen molar-refractivity contribution in [3.05, 3.63) is 42.1 Å². The van der Waals surface area contributed by atoms with Crippen LogP contribution in [-0.4, -0.2) is 33.8 Å². The summed E-state index contributed by atoms with van der Waals surface area (Å²) >= 11 is 0. The number of para-hydroxylation sites is 1. The van der Waals surface area contributed by atoms with Crippen molar-refractivity contribution in [2.75, 3.05) is 6.54 Å². The van der Waals surface area contributed by atoms with Crippen LogP contribution in [0.25, 0.3) is 10.9 Å². The van der Waals surface area contributed by atoms with Gasteiger partial charge in [0.25, 0.3) is 0 Å². The molecule has 0 saturated carbocycles. The van der Waals surface area contributed by atoms with Gasteiger partial charge in [0.15, 0.2) is 0 Å². The molecule has 0 saturated heterocycles. The van der Waals surface area contributed by atoms with Gasteiger partial charge in [-0.05, 0) is 12.1 Å². The van der Waals surface area contributed by atoms with E-state index in [1.165, 1.54) is 13.1 Å². The van der Waals surface area contributed by atoms with Gasteiger partial charge < -0.3 is 15.5 Å². The predicted molar refractivity (Wildman–Crippen MR) is 71.4 cm³/mol. The molecule has 0 aliphatic heterocycles. The molecule has 3 N–H and O–H groups in total. The summed E-state index contributed by atoms with van der Waals surface area (Å²) in [6.07, 6.45) is -0.611. The number of nitrogens with zero attached hydrogens (tertiary/aromatic N) is 1. The molecule has 2 aromatic rings. The van der Waals surface area contributed by atoms with Gasteiger partial charge >= 0.3 is 0 Å². The van der Waals surface area contributed by atoms with E-state index in [9.17, 15) is 15.0 Å². The molecule has 5 heteroatoms. The minimum Gasteiger partial charge on any atom is -0.388 e. The maximum atomic E-state index is 10.8. The van der Waals surface area contributed by atoms with Crippen molar-refractivity contribution in [2.24, 2.45) is 0 Å². The molecule has 100 valence electrons. The van der Waals surface area contributed by atoms with Gasteiger partial charge in [0.1, 0.15) is 12.2 Å². The normalized spacial score (nSPS) is 14.1. The number of aliphatic hydroxyl groups excluding tert-OH is 2. The number of rotatable bonds is 4. The lowest BCUT2D eigenvalue weighted by Crippen LogP contribution is -2.34. The van der Waals surface area contributed by atoms with E-state index >= 15 is 0 Å². The highest BCUT2D eigenvalue weighted by Crippen LogP contribution is 2.20. The minimum atomic E-state index is -1.08. The van der Waals surface area contributed by atoms with Gasteiger partial charge in [-0.1, -0.05) is 18.2 Å². The van der Waals surface area contributed by atoms with Gasteiger partial charge in [0, 0.05) is 30.6 Å². The summed E-state index contributed by atoms with van der Waals surface area (Å²) < 4.78 is 0. The highest BCUT2D eigenvalue weighted by molar-refractivity contribution is 5.78. The van der Waals surface area contributed by atoms with E-state index in [-0.39, 0.29) is 12.5 Å². The molecule has 0 bridgehead atoms. The third-order valence-corrected chi connectivity index (χ3v) is 2.88. The second-order valence-electron chi connectivity index (χ2n) is 4.41. The molecule has 5 nitrogen and oxygen atoms in total. The molecule has 0 fully saturated rings. The highest BCUT2D eigenvalue weighted by atomic mass is 16.3. The number of amides is 1. The smallest absolute Gasteiger partial charge is 0.216 e. The monoisotopic (exact) mass is 260 g/mol. The van der Waals surface area contributed by atoms with E-state index in [0.29, 0.717) is 5.56 Å². The summed E-state index contributed by atoms with van der Waals surface area (Å²) in [7, 11) is 0. The topological polar surface area (TPSA) is 82.5 Å². The second kappa shape index (κ2) is 5.77. The Kier molecular flexibility index (Phi) is 4.09. The second-order valence-corrected chi connectivity index (χ2v) is 4.41. The molecule has 1 aromatic heterocycles. The van der Waals surface area contributed by atoms with Gasteiger partial charge in [-0.2, -0.15) is 0 Å². The largest absolute Gasteiger partial charge is 0.388 e. The van der Waals surface area contributed by atoms with Crippen molar-refractivity contribution in [3.63, 3.8) is 0 Å². The van der Waals surface area contributed by atoms with Gasteiger partial charge in [0.05, 0.1) is 5.52 Å². The molecule has 1 heterocycles. The number of hydrogen-bond donors (Lipinski definition) is 3. The van der Waals surface area contributed by atoms with E-state index in [1.807, 2.05) is 24.3 Å². The molecule has 1 amide bonds. The molecule has 19 heavy (non-hydrogen) atoms. The Morgan fingerprint density at radius 3 is 2.84 bits per heavy atom. The highest BCUT2D eigenvalue weighted by Gasteiger charge is 2.19. The molecule has 2 rings (SSSR count). The first-order valence-electron chi connectivity index (χ1n) is 6.03. The molecule has 0 spiro atoms. The molecular weight excluding hydrogens is 244 g/mol. The standard InChI is InChI=1S/C14H16N2O3/c1-9(17)15-8-13(18)14(19)11-6-10-4-2-3-5-12(10)16-7-11/h2-7,13-14,18-19H,8H2,1H3,(H,15,17). The summed E-state index contributed by atoms with van der Waals surface area (Å²) in [4.78, 5) is 15.0. The van der Waals surface area contributed by atoms with Crippen molar-refractivity contribution in [1.29, 1.82) is 0 Å². The third-order valence-electron chi connectivity index (χ3n) is 2.88. The number of fused-ring (bicyclic) bond motifs is 1. The lowest BCUT2D eigenvalue weighted by molar-refractivity contribution is -0.119. The van der Waals surface area contributed by atoms with Crippen molar-refractivity contribution >= 4 is 16.8 Å². The van der Waals surface area contributed by atoms with Crippen LogP contribution in [0.3, 0.4) is 0 Å².